The van der Waals surface area contributed by atoms with Crippen molar-refractivity contribution in [2.75, 3.05) is 20.3 Å². The number of hydrogen-bond acceptors (Lipinski definition) is 4. The summed E-state index contributed by atoms with van der Waals surface area (Å²) in [6, 6.07) is 17.8. The Balaban J connectivity index is 1.95. The maximum atomic E-state index is 13.6. The number of benzene rings is 3. The zero-order valence-corrected chi connectivity index (χ0v) is 21.6. The van der Waals surface area contributed by atoms with Gasteiger partial charge in [-0.2, -0.15) is 13.2 Å². The molecule has 6 nitrogen and oxygen atoms in total. The first-order chi connectivity index (χ1) is 18.1. The zero-order valence-electron chi connectivity index (χ0n) is 21.6. The fourth-order valence-corrected chi connectivity index (χ4v) is 4.02. The number of nitrogens with one attached hydrogen (secondary N) is 1. The highest BCUT2D eigenvalue weighted by molar-refractivity contribution is 5.77. The van der Waals surface area contributed by atoms with Crippen LogP contribution in [0.4, 0.5) is 18.0 Å². The van der Waals surface area contributed by atoms with Crippen LogP contribution >= 0.6 is 0 Å². The molecule has 0 heterocycles. The molecule has 3 aromatic rings. The van der Waals surface area contributed by atoms with Gasteiger partial charge in [0, 0.05) is 38.5 Å². The number of carbonyl (C=O) groups is 2. The first-order valence-corrected chi connectivity index (χ1v) is 12.2. The minimum absolute atomic E-state index is 0.0444. The number of methoxy groups -OCH3 is 1. The number of alkyl halides is 3. The summed E-state index contributed by atoms with van der Waals surface area (Å²) in [5, 5.41) is 2.84. The standard InChI is InChI=1S/C29H31F3N2O4/c1-4-34(28(36)33-18-22-8-6-5-7-9-22)19-23-17-24(29(30,31)32)11-12-25(23)26-16-21(10-13-27(26)37-3)14-15-38-20(2)35/h5-13,16-17H,4,14-15,18-19H2,1-3H3,(H,33,36). The quantitative estimate of drug-likeness (QED) is 0.318. The van der Waals surface area contributed by atoms with Crippen molar-refractivity contribution in [3.8, 4) is 16.9 Å². The Labute approximate surface area is 220 Å². The van der Waals surface area contributed by atoms with Crippen LogP contribution in [0.1, 0.15) is 36.1 Å². The van der Waals surface area contributed by atoms with Crippen molar-refractivity contribution < 1.29 is 32.2 Å². The van der Waals surface area contributed by atoms with E-state index >= 15 is 0 Å². The lowest BCUT2D eigenvalue weighted by atomic mass is 9.94. The summed E-state index contributed by atoms with van der Waals surface area (Å²) >= 11 is 0. The topological polar surface area (TPSA) is 67.9 Å². The lowest BCUT2D eigenvalue weighted by Gasteiger charge is -2.24. The molecule has 0 spiro atoms. The number of urea groups is 1. The Hall–Kier alpha value is -4.01. The monoisotopic (exact) mass is 528 g/mol. The summed E-state index contributed by atoms with van der Waals surface area (Å²) in [6.45, 7) is 3.80. The number of esters is 1. The molecule has 0 radical (unpaired) electrons. The van der Waals surface area contributed by atoms with Gasteiger partial charge in [-0.05, 0) is 53.4 Å². The van der Waals surface area contributed by atoms with E-state index in [1.807, 2.05) is 36.4 Å². The highest BCUT2D eigenvalue weighted by atomic mass is 19.4. The molecule has 3 aromatic carbocycles. The number of halogens is 3. The molecular weight excluding hydrogens is 497 g/mol. The van der Waals surface area contributed by atoms with E-state index in [-0.39, 0.29) is 25.7 Å². The smallest absolute Gasteiger partial charge is 0.416 e. The number of amides is 2. The normalized spacial score (nSPS) is 11.1. The van der Waals surface area contributed by atoms with Crippen LogP contribution in [-0.4, -0.2) is 37.2 Å². The molecule has 0 saturated heterocycles. The highest BCUT2D eigenvalue weighted by Gasteiger charge is 2.31. The molecule has 38 heavy (non-hydrogen) atoms. The third kappa shape index (κ3) is 7.74. The van der Waals surface area contributed by atoms with Crippen LogP contribution < -0.4 is 10.1 Å². The summed E-state index contributed by atoms with van der Waals surface area (Å²) < 4.78 is 51.5. The van der Waals surface area contributed by atoms with Crippen LogP contribution in [0, 0.1) is 0 Å². The van der Waals surface area contributed by atoms with Crippen molar-refractivity contribution in [3.63, 3.8) is 0 Å². The molecule has 0 aliphatic heterocycles. The van der Waals surface area contributed by atoms with Crippen LogP contribution in [0.25, 0.3) is 11.1 Å². The van der Waals surface area contributed by atoms with Crippen LogP contribution in [-0.2, 0) is 35.2 Å². The third-order valence-corrected chi connectivity index (χ3v) is 6.00. The maximum absolute atomic E-state index is 13.6. The van der Waals surface area contributed by atoms with Crippen molar-refractivity contribution in [2.45, 2.75) is 39.5 Å². The second-order valence-electron chi connectivity index (χ2n) is 8.65. The second kappa shape index (κ2) is 13.0. The van der Waals surface area contributed by atoms with Gasteiger partial charge in [0.15, 0.2) is 0 Å². The second-order valence-corrected chi connectivity index (χ2v) is 8.65. The van der Waals surface area contributed by atoms with Gasteiger partial charge in [-0.1, -0.05) is 42.5 Å². The molecule has 0 bridgehead atoms. The van der Waals surface area contributed by atoms with Crippen molar-refractivity contribution in [1.29, 1.82) is 0 Å². The van der Waals surface area contributed by atoms with E-state index in [9.17, 15) is 22.8 Å². The number of ether oxygens (including phenoxy) is 2. The minimum Gasteiger partial charge on any atom is -0.496 e. The van der Waals surface area contributed by atoms with Gasteiger partial charge < -0.3 is 19.7 Å². The largest absolute Gasteiger partial charge is 0.496 e. The van der Waals surface area contributed by atoms with E-state index in [0.717, 1.165) is 23.3 Å². The van der Waals surface area contributed by atoms with E-state index in [4.69, 9.17) is 9.47 Å². The molecule has 3 rings (SSSR count). The number of hydrogen-bond donors (Lipinski definition) is 1. The molecule has 9 heteroatoms. The summed E-state index contributed by atoms with van der Waals surface area (Å²) in [5.74, 6) is 0.0766. The zero-order chi connectivity index (χ0) is 27.7. The number of carbonyl (C=O) groups excluding carboxylic acids is 2. The van der Waals surface area contributed by atoms with E-state index in [2.05, 4.69) is 5.32 Å². The average Bonchev–Trinajstić information content (AvgIpc) is 2.90. The van der Waals surface area contributed by atoms with Gasteiger partial charge in [-0.15, -0.1) is 0 Å². The van der Waals surface area contributed by atoms with Gasteiger partial charge in [0.1, 0.15) is 5.75 Å². The number of rotatable bonds is 10. The first kappa shape index (κ1) is 28.6. The molecule has 0 aromatic heterocycles. The van der Waals surface area contributed by atoms with E-state index in [0.29, 0.717) is 35.4 Å². The van der Waals surface area contributed by atoms with Crippen molar-refractivity contribution in [2.24, 2.45) is 0 Å². The van der Waals surface area contributed by atoms with E-state index in [1.165, 1.54) is 25.0 Å². The van der Waals surface area contributed by atoms with E-state index in [1.54, 1.807) is 19.1 Å². The Morgan fingerprint density at radius 1 is 0.947 bits per heavy atom. The number of nitrogens with zero attached hydrogens (tertiary/aromatic N) is 1. The molecule has 202 valence electrons. The fraction of sp³-hybridized carbons (Fsp3) is 0.310. The molecule has 0 unspecified atom stereocenters. The molecule has 0 aliphatic carbocycles. The van der Waals surface area contributed by atoms with E-state index < -0.39 is 17.7 Å². The summed E-state index contributed by atoms with van der Waals surface area (Å²) in [7, 11) is 1.48. The molecule has 2 amide bonds. The Kier molecular flexibility index (Phi) is 9.76. The molecule has 0 saturated carbocycles. The van der Waals surface area contributed by atoms with Crippen molar-refractivity contribution >= 4 is 12.0 Å². The first-order valence-electron chi connectivity index (χ1n) is 12.2. The highest BCUT2D eigenvalue weighted by Crippen LogP contribution is 2.38. The summed E-state index contributed by atoms with van der Waals surface area (Å²) in [4.78, 5) is 25.5. The molecule has 0 atom stereocenters. The molecule has 1 N–H and O–H groups in total. The van der Waals surface area contributed by atoms with Gasteiger partial charge in [0.25, 0.3) is 0 Å². The van der Waals surface area contributed by atoms with Crippen LogP contribution in [0.3, 0.4) is 0 Å². The minimum atomic E-state index is -4.55. The van der Waals surface area contributed by atoms with Crippen molar-refractivity contribution in [3.05, 3.63) is 89.0 Å². The molecular formula is C29H31F3N2O4. The summed E-state index contributed by atoms with van der Waals surface area (Å²) in [5.41, 5.74) is 2.34. The fourth-order valence-electron chi connectivity index (χ4n) is 4.02. The van der Waals surface area contributed by atoms with Crippen molar-refractivity contribution in [1.82, 2.24) is 10.2 Å². The Morgan fingerprint density at radius 3 is 2.32 bits per heavy atom. The molecule has 0 fully saturated rings. The Bertz CT molecular complexity index is 1250. The molecule has 0 aliphatic rings. The van der Waals surface area contributed by atoms with Crippen LogP contribution in [0.5, 0.6) is 5.75 Å². The Morgan fingerprint density at radius 2 is 1.68 bits per heavy atom. The third-order valence-electron chi connectivity index (χ3n) is 6.00. The van der Waals surface area contributed by atoms with Gasteiger partial charge in [-0.3, -0.25) is 4.79 Å². The predicted octanol–water partition coefficient (Wildman–Crippen LogP) is 6.22. The van der Waals surface area contributed by atoms with Crippen LogP contribution in [0.2, 0.25) is 0 Å². The SMILES string of the molecule is CCN(Cc1cc(C(F)(F)F)ccc1-c1cc(CCOC(C)=O)ccc1OC)C(=O)NCc1ccccc1. The lowest BCUT2D eigenvalue weighted by Crippen LogP contribution is -2.39. The lowest BCUT2D eigenvalue weighted by molar-refractivity contribution is -0.141. The predicted molar refractivity (Wildman–Crippen MR) is 139 cm³/mol. The van der Waals surface area contributed by atoms with Gasteiger partial charge >= 0.3 is 18.2 Å². The van der Waals surface area contributed by atoms with Gasteiger partial charge in [-0.25, -0.2) is 4.79 Å². The average molecular weight is 529 g/mol. The maximum Gasteiger partial charge on any atom is 0.416 e. The summed E-state index contributed by atoms with van der Waals surface area (Å²) in [6.07, 6.45) is -4.12. The van der Waals surface area contributed by atoms with Gasteiger partial charge in [0.05, 0.1) is 19.3 Å². The van der Waals surface area contributed by atoms with Crippen LogP contribution in [0.15, 0.2) is 66.7 Å². The van der Waals surface area contributed by atoms with Gasteiger partial charge in [0.2, 0.25) is 0 Å².